The Bertz CT molecular complexity index is 2650. The number of hydrogen-bond acceptors (Lipinski definition) is 1. The van der Waals surface area contributed by atoms with E-state index >= 15 is 0 Å². The SMILES string of the molecule is c1ccc(-c2cccc(N(c3ccccc3)c3ccc(-c4ccc(-c5cc(-c6ccccc6)ccc5-c5ccccc5)cc4-c4ccccc4)cc3)c2)cc1. The van der Waals surface area contributed by atoms with Crippen LogP contribution in [0.4, 0.5) is 17.1 Å². The second-order valence-corrected chi connectivity index (χ2v) is 13.8. The van der Waals surface area contributed by atoms with Gasteiger partial charge in [0.2, 0.25) is 0 Å². The van der Waals surface area contributed by atoms with Gasteiger partial charge in [0.15, 0.2) is 0 Å². The van der Waals surface area contributed by atoms with Crippen LogP contribution in [0.1, 0.15) is 0 Å². The lowest BCUT2D eigenvalue weighted by atomic mass is 9.87. The molecule has 0 aliphatic rings. The molecule has 0 spiro atoms. The molecule has 0 atom stereocenters. The maximum absolute atomic E-state index is 2.38. The van der Waals surface area contributed by atoms with Gasteiger partial charge in [0.25, 0.3) is 0 Å². The van der Waals surface area contributed by atoms with Gasteiger partial charge in [-0.3, -0.25) is 0 Å². The second kappa shape index (κ2) is 15.4. The summed E-state index contributed by atoms with van der Waals surface area (Å²) in [5, 5.41) is 0. The van der Waals surface area contributed by atoms with Crippen molar-refractivity contribution in [2.45, 2.75) is 0 Å². The molecule has 1 nitrogen and oxygen atoms in total. The summed E-state index contributed by atoms with van der Waals surface area (Å²) in [5.74, 6) is 0. The third-order valence-electron chi connectivity index (χ3n) is 10.3. The number of para-hydroxylation sites is 1. The quantitative estimate of drug-likeness (QED) is 0.145. The van der Waals surface area contributed by atoms with Crippen LogP contribution in [0.25, 0.3) is 66.8 Å². The first kappa shape index (κ1) is 33.6. The Labute approximate surface area is 324 Å². The van der Waals surface area contributed by atoms with Crippen molar-refractivity contribution in [1.29, 1.82) is 0 Å². The van der Waals surface area contributed by atoms with E-state index in [0.717, 1.165) is 17.1 Å². The topological polar surface area (TPSA) is 3.24 Å². The van der Waals surface area contributed by atoms with E-state index < -0.39 is 0 Å². The predicted octanol–water partition coefficient (Wildman–Crippen LogP) is 15.2. The normalized spacial score (nSPS) is 10.9. The van der Waals surface area contributed by atoms with E-state index in [1.807, 2.05) is 0 Å². The lowest BCUT2D eigenvalue weighted by Gasteiger charge is -2.26. The van der Waals surface area contributed by atoms with E-state index in [1.54, 1.807) is 0 Å². The van der Waals surface area contributed by atoms with E-state index in [4.69, 9.17) is 0 Å². The zero-order valence-corrected chi connectivity index (χ0v) is 30.5. The van der Waals surface area contributed by atoms with Crippen LogP contribution < -0.4 is 4.90 Å². The van der Waals surface area contributed by atoms with Crippen LogP contribution in [0.3, 0.4) is 0 Å². The van der Waals surface area contributed by atoms with Crippen molar-refractivity contribution in [3.8, 4) is 66.8 Å². The monoisotopic (exact) mass is 701 g/mol. The van der Waals surface area contributed by atoms with Gasteiger partial charge >= 0.3 is 0 Å². The van der Waals surface area contributed by atoms with Gasteiger partial charge in [-0.2, -0.15) is 0 Å². The third kappa shape index (κ3) is 7.12. The molecule has 0 unspecified atom stereocenters. The van der Waals surface area contributed by atoms with Crippen LogP contribution in [0.2, 0.25) is 0 Å². The van der Waals surface area contributed by atoms with Gasteiger partial charge in [-0.05, 0) is 115 Å². The molecule has 0 aliphatic carbocycles. The average Bonchev–Trinajstić information content (AvgIpc) is 3.28. The van der Waals surface area contributed by atoms with Crippen LogP contribution in [0, 0.1) is 0 Å². The number of rotatable bonds is 9. The van der Waals surface area contributed by atoms with Crippen LogP contribution in [0.15, 0.2) is 237 Å². The van der Waals surface area contributed by atoms with Gasteiger partial charge in [0, 0.05) is 17.1 Å². The molecule has 0 amide bonds. The van der Waals surface area contributed by atoms with Crippen molar-refractivity contribution in [3.05, 3.63) is 237 Å². The molecule has 1 heteroatoms. The number of nitrogens with zero attached hydrogens (tertiary/aromatic N) is 1. The van der Waals surface area contributed by atoms with E-state index in [1.165, 1.54) is 66.8 Å². The average molecular weight is 702 g/mol. The van der Waals surface area contributed by atoms with E-state index in [-0.39, 0.29) is 0 Å². The van der Waals surface area contributed by atoms with Crippen molar-refractivity contribution in [1.82, 2.24) is 0 Å². The molecule has 0 heterocycles. The Balaban J connectivity index is 1.15. The zero-order chi connectivity index (χ0) is 36.8. The molecular formula is C54H39N. The van der Waals surface area contributed by atoms with Gasteiger partial charge in [-0.15, -0.1) is 0 Å². The summed E-state index contributed by atoms with van der Waals surface area (Å²) in [4.78, 5) is 2.34. The maximum Gasteiger partial charge on any atom is 0.0467 e. The Morgan fingerprint density at radius 3 is 1.09 bits per heavy atom. The minimum absolute atomic E-state index is 1.10. The summed E-state index contributed by atoms with van der Waals surface area (Å²) in [7, 11) is 0. The minimum Gasteiger partial charge on any atom is -0.310 e. The highest BCUT2D eigenvalue weighted by molar-refractivity contribution is 5.93. The van der Waals surface area contributed by atoms with Crippen LogP contribution in [0.5, 0.6) is 0 Å². The molecule has 9 aromatic rings. The van der Waals surface area contributed by atoms with Gasteiger partial charge in [0.05, 0.1) is 0 Å². The molecule has 55 heavy (non-hydrogen) atoms. The molecule has 0 radical (unpaired) electrons. The lowest BCUT2D eigenvalue weighted by Crippen LogP contribution is -2.09. The third-order valence-corrected chi connectivity index (χ3v) is 10.3. The first-order chi connectivity index (χ1) is 27.3. The molecule has 9 aromatic carbocycles. The number of hydrogen-bond donors (Lipinski definition) is 0. The molecular weight excluding hydrogens is 663 g/mol. The summed E-state index contributed by atoms with van der Waals surface area (Å²) < 4.78 is 0. The molecule has 0 aromatic heterocycles. The summed E-state index contributed by atoms with van der Waals surface area (Å²) in [5.41, 5.74) is 17.7. The van der Waals surface area contributed by atoms with Gasteiger partial charge in [0.1, 0.15) is 0 Å². The maximum atomic E-state index is 2.38. The van der Waals surface area contributed by atoms with Crippen molar-refractivity contribution in [2.75, 3.05) is 4.90 Å². The number of anilines is 3. The Morgan fingerprint density at radius 1 is 0.182 bits per heavy atom. The molecule has 0 N–H and O–H groups in total. The molecule has 0 fully saturated rings. The van der Waals surface area contributed by atoms with Crippen LogP contribution >= 0.6 is 0 Å². The van der Waals surface area contributed by atoms with Gasteiger partial charge in [-0.25, -0.2) is 0 Å². The lowest BCUT2D eigenvalue weighted by molar-refractivity contribution is 1.28. The summed E-state index contributed by atoms with van der Waals surface area (Å²) in [6.45, 7) is 0. The predicted molar refractivity (Wildman–Crippen MR) is 234 cm³/mol. The highest BCUT2D eigenvalue weighted by Crippen LogP contribution is 2.42. The Kier molecular flexibility index (Phi) is 9.41. The molecule has 0 aliphatic heterocycles. The zero-order valence-electron chi connectivity index (χ0n) is 30.5. The van der Waals surface area contributed by atoms with Crippen LogP contribution in [-0.2, 0) is 0 Å². The first-order valence-corrected chi connectivity index (χ1v) is 18.8. The van der Waals surface area contributed by atoms with Gasteiger partial charge < -0.3 is 4.90 Å². The van der Waals surface area contributed by atoms with Crippen molar-refractivity contribution >= 4 is 17.1 Å². The molecule has 0 saturated heterocycles. The summed E-state index contributed by atoms with van der Waals surface area (Å²) >= 11 is 0. The fourth-order valence-corrected chi connectivity index (χ4v) is 7.55. The molecule has 0 saturated carbocycles. The van der Waals surface area contributed by atoms with Crippen LogP contribution in [-0.4, -0.2) is 0 Å². The molecule has 9 rings (SSSR count). The van der Waals surface area contributed by atoms with Gasteiger partial charge in [-0.1, -0.05) is 188 Å². The fraction of sp³-hybridized carbons (Fsp3) is 0. The summed E-state index contributed by atoms with van der Waals surface area (Å²) in [6, 6.07) is 85.0. The number of benzene rings is 9. The van der Waals surface area contributed by atoms with E-state index in [0.29, 0.717) is 0 Å². The minimum atomic E-state index is 1.10. The largest absolute Gasteiger partial charge is 0.310 e. The van der Waals surface area contributed by atoms with Crippen molar-refractivity contribution in [2.24, 2.45) is 0 Å². The van der Waals surface area contributed by atoms with Crippen molar-refractivity contribution in [3.63, 3.8) is 0 Å². The smallest absolute Gasteiger partial charge is 0.0467 e. The Morgan fingerprint density at radius 2 is 0.527 bits per heavy atom. The van der Waals surface area contributed by atoms with E-state index in [2.05, 4.69) is 241 Å². The molecule has 260 valence electrons. The fourth-order valence-electron chi connectivity index (χ4n) is 7.55. The second-order valence-electron chi connectivity index (χ2n) is 13.8. The highest BCUT2D eigenvalue weighted by Gasteiger charge is 2.17. The Hall–Kier alpha value is -7.22. The standard InChI is InChI=1S/C54H39N/c1-6-17-40(18-7-1)45-25-16-28-50(37-45)55(48-26-14-5-15-27-48)49-33-29-44(30-34-49)52-36-32-47(39-53(52)43-23-12-4-13-24-43)54-38-46(41-19-8-2-9-20-41)31-35-51(54)42-21-10-3-11-22-42/h1-39H. The van der Waals surface area contributed by atoms with E-state index in [9.17, 15) is 0 Å². The highest BCUT2D eigenvalue weighted by atomic mass is 15.1. The first-order valence-electron chi connectivity index (χ1n) is 18.8. The summed E-state index contributed by atoms with van der Waals surface area (Å²) in [6.07, 6.45) is 0. The van der Waals surface area contributed by atoms with Crippen molar-refractivity contribution < 1.29 is 0 Å². The molecule has 0 bridgehead atoms.